The van der Waals surface area contributed by atoms with Crippen molar-refractivity contribution >= 4 is 5.91 Å². The van der Waals surface area contributed by atoms with Gasteiger partial charge in [0.05, 0.1) is 6.04 Å². The lowest BCUT2D eigenvalue weighted by Gasteiger charge is -2.23. The zero-order valence-corrected chi connectivity index (χ0v) is 14.5. The van der Waals surface area contributed by atoms with E-state index in [2.05, 4.69) is 10.1 Å². The van der Waals surface area contributed by atoms with Crippen LogP contribution in [0.5, 0.6) is 11.5 Å². The molecular formula is C20H17N3O4. The normalized spacial score (nSPS) is 18.1. The van der Waals surface area contributed by atoms with Crippen molar-refractivity contribution in [3.63, 3.8) is 0 Å². The lowest BCUT2D eigenvalue weighted by Crippen LogP contribution is -2.30. The van der Waals surface area contributed by atoms with Gasteiger partial charge in [-0.1, -0.05) is 11.2 Å². The van der Waals surface area contributed by atoms with Crippen LogP contribution in [-0.2, 0) is 0 Å². The van der Waals surface area contributed by atoms with Gasteiger partial charge in [-0.05, 0) is 42.7 Å². The molecule has 1 unspecified atom stereocenters. The van der Waals surface area contributed by atoms with Crippen LogP contribution in [0, 0.1) is 0 Å². The van der Waals surface area contributed by atoms with Crippen LogP contribution in [0.25, 0.3) is 11.3 Å². The molecule has 7 nitrogen and oxygen atoms in total. The monoisotopic (exact) mass is 363 g/mol. The second-order valence-corrected chi connectivity index (χ2v) is 6.59. The molecule has 7 heteroatoms. The summed E-state index contributed by atoms with van der Waals surface area (Å²) >= 11 is 0. The molecule has 3 aromatic rings. The molecule has 0 saturated carbocycles. The lowest BCUT2D eigenvalue weighted by atomic mass is 10.1. The largest absolute Gasteiger partial charge is 0.454 e. The molecule has 0 radical (unpaired) electrons. The number of hydrogen-bond donors (Lipinski definition) is 0. The zero-order chi connectivity index (χ0) is 18.2. The number of carbonyl (C=O) groups is 1. The second-order valence-electron chi connectivity index (χ2n) is 6.59. The Labute approximate surface area is 155 Å². The van der Waals surface area contributed by atoms with Crippen molar-refractivity contribution in [1.82, 2.24) is 15.0 Å². The summed E-state index contributed by atoms with van der Waals surface area (Å²) in [6, 6.07) is 11.1. The summed E-state index contributed by atoms with van der Waals surface area (Å²) in [5.74, 6) is 1.75. The highest BCUT2D eigenvalue weighted by Gasteiger charge is 2.32. The lowest BCUT2D eigenvalue weighted by molar-refractivity contribution is 0.0725. The highest BCUT2D eigenvalue weighted by molar-refractivity contribution is 5.93. The quantitative estimate of drug-likeness (QED) is 0.709. The third-order valence-electron chi connectivity index (χ3n) is 4.97. The van der Waals surface area contributed by atoms with Gasteiger partial charge in [0.15, 0.2) is 23.0 Å². The first-order valence-electron chi connectivity index (χ1n) is 8.87. The summed E-state index contributed by atoms with van der Waals surface area (Å²) in [7, 11) is 0. The predicted molar refractivity (Wildman–Crippen MR) is 95.3 cm³/mol. The highest BCUT2D eigenvalue weighted by atomic mass is 16.7. The van der Waals surface area contributed by atoms with E-state index in [0.717, 1.165) is 24.0 Å². The van der Waals surface area contributed by atoms with Gasteiger partial charge in [-0.25, -0.2) is 0 Å². The Balaban J connectivity index is 1.40. The number of rotatable bonds is 3. The van der Waals surface area contributed by atoms with E-state index in [-0.39, 0.29) is 18.7 Å². The van der Waals surface area contributed by atoms with Crippen molar-refractivity contribution in [1.29, 1.82) is 0 Å². The highest BCUT2D eigenvalue weighted by Crippen LogP contribution is 2.37. The number of likely N-dealkylation sites (tertiary alicyclic amines) is 1. The number of pyridine rings is 1. The van der Waals surface area contributed by atoms with Crippen molar-refractivity contribution in [2.24, 2.45) is 0 Å². The van der Waals surface area contributed by atoms with Gasteiger partial charge >= 0.3 is 0 Å². The molecule has 4 heterocycles. The van der Waals surface area contributed by atoms with E-state index in [9.17, 15) is 4.79 Å². The summed E-state index contributed by atoms with van der Waals surface area (Å²) in [6.07, 6.45) is 5.43. The average molecular weight is 363 g/mol. The van der Waals surface area contributed by atoms with E-state index >= 15 is 0 Å². The first-order chi connectivity index (χ1) is 13.3. The van der Waals surface area contributed by atoms with E-state index < -0.39 is 0 Å². The van der Waals surface area contributed by atoms with Crippen LogP contribution in [0.1, 0.15) is 34.9 Å². The minimum Gasteiger partial charge on any atom is -0.454 e. The van der Waals surface area contributed by atoms with Gasteiger partial charge in [0, 0.05) is 30.6 Å². The average Bonchev–Trinajstić information content (AvgIpc) is 3.47. The molecule has 0 N–H and O–H groups in total. The van der Waals surface area contributed by atoms with Gasteiger partial charge in [-0.15, -0.1) is 0 Å². The molecular weight excluding hydrogens is 346 g/mol. The maximum Gasteiger partial charge on any atom is 0.276 e. The first kappa shape index (κ1) is 15.9. The molecule has 2 aliphatic heterocycles. The number of nitrogens with zero attached hydrogens (tertiary/aromatic N) is 3. The first-order valence-corrected chi connectivity index (χ1v) is 8.87. The number of hydrogen-bond acceptors (Lipinski definition) is 6. The molecule has 1 amide bonds. The standard InChI is InChI=1S/C20H17N3O4/c24-20(23-8-2-4-16(23)14-3-1-7-21-11-14)15-10-18(27-22-15)13-5-6-17-19(9-13)26-12-25-17/h1,3,5-7,9-11,16H,2,4,8,12H2. The van der Waals surface area contributed by atoms with Crippen LogP contribution in [0.4, 0.5) is 0 Å². The van der Waals surface area contributed by atoms with E-state index in [1.54, 1.807) is 12.3 Å². The summed E-state index contributed by atoms with van der Waals surface area (Å²) in [5, 5.41) is 4.00. The molecule has 2 aromatic heterocycles. The number of aromatic nitrogens is 2. The van der Waals surface area contributed by atoms with E-state index in [0.29, 0.717) is 29.5 Å². The van der Waals surface area contributed by atoms with E-state index in [1.165, 1.54) is 0 Å². The molecule has 0 spiro atoms. The van der Waals surface area contributed by atoms with E-state index in [1.807, 2.05) is 41.4 Å². The third-order valence-corrected chi connectivity index (χ3v) is 4.97. The number of carbonyl (C=O) groups excluding carboxylic acids is 1. The maximum atomic E-state index is 13.0. The fourth-order valence-electron chi connectivity index (χ4n) is 3.64. The number of benzene rings is 1. The molecule has 27 heavy (non-hydrogen) atoms. The molecule has 5 rings (SSSR count). The van der Waals surface area contributed by atoms with Crippen LogP contribution in [0.2, 0.25) is 0 Å². The van der Waals surface area contributed by atoms with Crippen molar-refractivity contribution in [3.05, 3.63) is 60.0 Å². The SMILES string of the molecule is O=C(c1cc(-c2ccc3c(c2)OCO3)on1)N1CCCC1c1cccnc1. The summed E-state index contributed by atoms with van der Waals surface area (Å²) < 4.78 is 16.1. The molecule has 0 aliphatic carbocycles. The van der Waals surface area contributed by atoms with Gasteiger partial charge in [-0.2, -0.15) is 0 Å². The Morgan fingerprint density at radius 3 is 2.96 bits per heavy atom. The van der Waals surface area contributed by atoms with Crippen LogP contribution < -0.4 is 9.47 Å². The van der Waals surface area contributed by atoms with Gasteiger partial charge in [0.2, 0.25) is 6.79 Å². The predicted octanol–water partition coefficient (Wildman–Crippen LogP) is 3.44. The Hall–Kier alpha value is -3.35. The fraction of sp³-hybridized carbons (Fsp3) is 0.250. The van der Waals surface area contributed by atoms with Gasteiger partial charge < -0.3 is 18.9 Å². The topological polar surface area (TPSA) is 77.7 Å². The minimum atomic E-state index is -0.128. The Morgan fingerprint density at radius 1 is 1.15 bits per heavy atom. The summed E-state index contributed by atoms with van der Waals surface area (Å²) in [4.78, 5) is 19.0. The van der Waals surface area contributed by atoms with Crippen molar-refractivity contribution < 1.29 is 18.8 Å². The number of fused-ring (bicyclic) bond motifs is 1. The summed E-state index contributed by atoms with van der Waals surface area (Å²) in [5.41, 5.74) is 2.14. The van der Waals surface area contributed by atoms with Crippen LogP contribution >= 0.6 is 0 Å². The van der Waals surface area contributed by atoms with Gasteiger partial charge in [-0.3, -0.25) is 9.78 Å². The van der Waals surface area contributed by atoms with Crippen molar-refractivity contribution in [2.45, 2.75) is 18.9 Å². The maximum absolute atomic E-state index is 13.0. The van der Waals surface area contributed by atoms with Gasteiger partial charge in [0.1, 0.15) is 0 Å². The number of amides is 1. The molecule has 1 saturated heterocycles. The molecule has 1 atom stereocenters. The second kappa shape index (κ2) is 6.42. The third kappa shape index (κ3) is 2.81. The molecule has 136 valence electrons. The van der Waals surface area contributed by atoms with E-state index in [4.69, 9.17) is 14.0 Å². The molecule has 2 aliphatic rings. The Morgan fingerprint density at radius 2 is 2.07 bits per heavy atom. The molecule has 1 fully saturated rings. The Bertz CT molecular complexity index is 986. The van der Waals surface area contributed by atoms with Crippen molar-refractivity contribution in [2.75, 3.05) is 13.3 Å². The zero-order valence-electron chi connectivity index (χ0n) is 14.5. The minimum absolute atomic E-state index is 0.0249. The van der Waals surface area contributed by atoms with Crippen LogP contribution in [0.3, 0.4) is 0 Å². The molecule has 1 aromatic carbocycles. The van der Waals surface area contributed by atoms with Gasteiger partial charge in [0.25, 0.3) is 5.91 Å². The fourth-order valence-corrected chi connectivity index (χ4v) is 3.64. The summed E-state index contributed by atoms with van der Waals surface area (Å²) in [6.45, 7) is 0.911. The smallest absolute Gasteiger partial charge is 0.276 e. The van der Waals surface area contributed by atoms with Crippen LogP contribution in [-0.4, -0.2) is 34.3 Å². The van der Waals surface area contributed by atoms with Crippen LogP contribution in [0.15, 0.2) is 53.3 Å². The number of ether oxygens (including phenoxy) is 2. The molecule has 0 bridgehead atoms. The van der Waals surface area contributed by atoms with Crippen molar-refractivity contribution in [3.8, 4) is 22.8 Å². The Kier molecular flexibility index (Phi) is 3.78.